The SMILES string of the molecule is CN1CCN(C(=O)C2CCC(n3c(Nc4ccc(F)cc4F)nc4cnc(NC5CCC(O)CC5)nc43)CC2)CC1. The van der Waals surface area contributed by atoms with E-state index in [1.807, 2.05) is 9.47 Å². The van der Waals surface area contributed by atoms with Crippen LogP contribution in [0.5, 0.6) is 0 Å². The molecular weight excluding hydrogens is 530 g/mol. The second kappa shape index (κ2) is 11.8. The molecule has 3 aromatic rings. The monoisotopic (exact) mass is 568 g/mol. The molecule has 12 heteroatoms. The molecule has 0 unspecified atom stereocenters. The van der Waals surface area contributed by atoms with Crippen LogP contribution in [0.15, 0.2) is 24.4 Å². The number of anilines is 3. The van der Waals surface area contributed by atoms with E-state index in [1.54, 1.807) is 6.20 Å². The summed E-state index contributed by atoms with van der Waals surface area (Å²) < 4.78 is 30.2. The number of rotatable bonds is 6. The third-order valence-electron chi connectivity index (χ3n) is 8.87. The quantitative estimate of drug-likeness (QED) is 0.408. The van der Waals surface area contributed by atoms with E-state index in [4.69, 9.17) is 9.97 Å². The molecule has 1 amide bonds. The maximum atomic E-state index is 14.6. The van der Waals surface area contributed by atoms with Gasteiger partial charge in [0.2, 0.25) is 17.8 Å². The van der Waals surface area contributed by atoms with E-state index >= 15 is 0 Å². The van der Waals surface area contributed by atoms with Crippen LogP contribution in [0.3, 0.4) is 0 Å². The van der Waals surface area contributed by atoms with E-state index in [9.17, 15) is 18.7 Å². The van der Waals surface area contributed by atoms with Gasteiger partial charge in [-0.25, -0.2) is 18.7 Å². The molecule has 0 radical (unpaired) electrons. The average molecular weight is 569 g/mol. The molecule has 3 aliphatic rings. The summed E-state index contributed by atoms with van der Waals surface area (Å²) in [4.78, 5) is 31.5. The van der Waals surface area contributed by atoms with Gasteiger partial charge in [0.1, 0.15) is 17.2 Å². The van der Waals surface area contributed by atoms with E-state index in [1.165, 1.54) is 12.1 Å². The number of fused-ring (bicyclic) bond motifs is 1. The number of carbonyl (C=O) groups excluding carboxylic acids is 1. The molecule has 6 rings (SSSR count). The summed E-state index contributed by atoms with van der Waals surface area (Å²) in [6.45, 7) is 3.33. The van der Waals surface area contributed by atoms with Crippen LogP contribution in [0.4, 0.5) is 26.4 Å². The average Bonchev–Trinajstić information content (AvgIpc) is 3.33. The third kappa shape index (κ3) is 6.13. The number of imidazole rings is 1. The lowest BCUT2D eigenvalue weighted by molar-refractivity contribution is -0.138. The number of carbonyl (C=O) groups is 1. The number of likely N-dealkylation sites (N-methyl/N-ethyl adjacent to an activating group) is 1. The lowest BCUT2D eigenvalue weighted by atomic mass is 9.85. The van der Waals surface area contributed by atoms with Crippen LogP contribution >= 0.6 is 0 Å². The number of piperazine rings is 1. The Morgan fingerprint density at radius 1 is 0.976 bits per heavy atom. The predicted octanol–water partition coefficient (Wildman–Crippen LogP) is 4.07. The number of aliphatic hydroxyl groups is 1. The largest absolute Gasteiger partial charge is 0.393 e. The molecule has 2 saturated carbocycles. The van der Waals surface area contributed by atoms with Gasteiger partial charge >= 0.3 is 0 Å². The van der Waals surface area contributed by atoms with Crippen LogP contribution in [0.1, 0.15) is 57.4 Å². The van der Waals surface area contributed by atoms with Gasteiger partial charge in [-0.3, -0.25) is 9.36 Å². The predicted molar refractivity (Wildman–Crippen MR) is 152 cm³/mol. The second-order valence-corrected chi connectivity index (χ2v) is 11.7. The molecule has 220 valence electrons. The number of hydrogen-bond donors (Lipinski definition) is 3. The Bertz CT molecular complexity index is 1380. The molecule has 3 heterocycles. The van der Waals surface area contributed by atoms with Gasteiger partial charge in [0.25, 0.3) is 0 Å². The van der Waals surface area contributed by atoms with Crippen LogP contribution in [-0.2, 0) is 4.79 Å². The van der Waals surface area contributed by atoms with E-state index in [0.717, 1.165) is 83.6 Å². The zero-order valence-corrected chi connectivity index (χ0v) is 23.4. The molecule has 1 saturated heterocycles. The standard InChI is InChI=1S/C29H38F2N8O2/c1-37-12-14-38(15-13-37)27(41)18-2-7-21(8-3-18)39-26-25(35-29(39)34-24-11-4-19(30)16-23(24)31)17-32-28(36-26)33-20-5-9-22(40)10-6-20/h4,11,16-18,20-22,40H,2-3,5-10,12-15H2,1H3,(H,34,35)(H,32,33,36). The fourth-order valence-corrected chi connectivity index (χ4v) is 6.37. The minimum absolute atomic E-state index is 0.00451. The highest BCUT2D eigenvalue weighted by atomic mass is 19.1. The zero-order valence-electron chi connectivity index (χ0n) is 23.4. The minimum atomic E-state index is -0.710. The van der Waals surface area contributed by atoms with Crippen LogP contribution in [0.2, 0.25) is 0 Å². The summed E-state index contributed by atoms with van der Waals surface area (Å²) in [5.41, 5.74) is 1.31. The van der Waals surface area contributed by atoms with Crippen LogP contribution in [0.25, 0.3) is 11.2 Å². The number of halogens is 2. The van der Waals surface area contributed by atoms with Crippen molar-refractivity contribution in [3.8, 4) is 0 Å². The van der Waals surface area contributed by atoms with E-state index in [-0.39, 0.29) is 35.7 Å². The topological polar surface area (TPSA) is 111 Å². The van der Waals surface area contributed by atoms with E-state index in [0.29, 0.717) is 23.1 Å². The molecule has 0 spiro atoms. The molecule has 0 atom stereocenters. The van der Waals surface area contributed by atoms with Gasteiger partial charge < -0.3 is 25.5 Å². The molecule has 1 aliphatic heterocycles. The first-order valence-corrected chi connectivity index (χ1v) is 14.7. The normalized spacial score (nSPS) is 25.8. The van der Waals surface area contributed by atoms with Crippen molar-refractivity contribution in [2.45, 2.75) is 69.6 Å². The maximum Gasteiger partial charge on any atom is 0.225 e. The summed E-state index contributed by atoms with van der Waals surface area (Å²) in [6, 6.07) is 3.57. The molecule has 41 heavy (non-hydrogen) atoms. The van der Waals surface area contributed by atoms with Gasteiger partial charge in [0, 0.05) is 50.2 Å². The number of hydrogen-bond acceptors (Lipinski definition) is 8. The Morgan fingerprint density at radius 3 is 2.41 bits per heavy atom. The first-order chi connectivity index (χ1) is 19.8. The molecule has 0 bridgehead atoms. The van der Waals surface area contributed by atoms with Gasteiger partial charge in [0.15, 0.2) is 5.65 Å². The van der Waals surface area contributed by atoms with Crippen LogP contribution in [0, 0.1) is 17.6 Å². The molecule has 3 fully saturated rings. The van der Waals surface area contributed by atoms with Crippen LogP contribution in [-0.4, -0.2) is 85.7 Å². The Kier molecular flexibility index (Phi) is 8.03. The van der Waals surface area contributed by atoms with Crippen molar-refractivity contribution in [1.29, 1.82) is 0 Å². The highest BCUT2D eigenvalue weighted by Gasteiger charge is 2.33. The van der Waals surface area contributed by atoms with Crippen molar-refractivity contribution in [1.82, 2.24) is 29.3 Å². The smallest absolute Gasteiger partial charge is 0.225 e. The molecule has 2 aromatic heterocycles. The summed E-state index contributed by atoms with van der Waals surface area (Å²) in [5.74, 6) is -0.237. The first kappa shape index (κ1) is 27.8. The van der Waals surface area contributed by atoms with Crippen molar-refractivity contribution in [3.05, 3.63) is 36.0 Å². The Hall–Kier alpha value is -3.38. The summed E-state index contributed by atoms with van der Waals surface area (Å²) >= 11 is 0. The highest BCUT2D eigenvalue weighted by Crippen LogP contribution is 2.38. The number of aromatic nitrogens is 4. The Balaban J connectivity index is 1.25. The molecule has 10 nitrogen and oxygen atoms in total. The van der Waals surface area contributed by atoms with Gasteiger partial charge in [0.05, 0.1) is 18.0 Å². The summed E-state index contributed by atoms with van der Waals surface area (Å²) in [5, 5.41) is 16.3. The zero-order chi connectivity index (χ0) is 28.5. The molecular formula is C29H38F2N8O2. The van der Waals surface area contributed by atoms with Gasteiger partial charge in [-0.15, -0.1) is 0 Å². The van der Waals surface area contributed by atoms with Crippen molar-refractivity contribution in [2.75, 3.05) is 43.9 Å². The first-order valence-electron chi connectivity index (χ1n) is 14.7. The van der Waals surface area contributed by atoms with E-state index in [2.05, 4.69) is 27.6 Å². The number of amides is 1. The van der Waals surface area contributed by atoms with E-state index < -0.39 is 11.6 Å². The Morgan fingerprint density at radius 2 is 1.71 bits per heavy atom. The molecule has 3 N–H and O–H groups in total. The van der Waals surface area contributed by atoms with Crippen molar-refractivity contribution >= 4 is 34.7 Å². The molecule has 2 aliphatic carbocycles. The molecule has 1 aromatic carbocycles. The number of aliphatic hydroxyl groups excluding tert-OH is 1. The highest BCUT2D eigenvalue weighted by molar-refractivity contribution is 5.79. The van der Waals surface area contributed by atoms with Crippen molar-refractivity contribution < 1.29 is 18.7 Å². The van der Waals surface area contributed by atoms with Crippen LogP contribution < -0.4 is 10.6 Å². The number of nitrogens with one attached hydrogen (secondary N) is 2. The number of benzene rings is 1. The van der Waals surface area contributed by atoms with Gasteiger partial charge in [-0.2, -0.15) is 4.98 Å². The van der Waals surface area contributed by atoms with Gasteiger partial charge in [-0.05, 0) is 70.5 Å². The lowest BCUT2D eigenvalue weighted by Crippen LogP contribution is -2.49. The minimum Gasteiger partial charge on any atom is -0.393 e. The fourth-order valence-electron chi connectivity index (χ4n) is 6.37. The third-order valence-corrected chi connectivity index (χ3v) is 8.87. The van der Waals surface area contributed by atoms with Crippen molar-refractivity contribution in [3.63, 3.8) is 0 Å². The lowest BCUT2D eigenvalue weighted by Gasteiger charge is -2.37. The Labute approximate surface area is 238 Å². The second-order valence-electron chi connectivity index (χ2n) is 11.7. The van der Waals surface area contributed by atoms with Crippen molar-refractivity contribution in [2.24, 2.45) is 5.92 Å². The maximum absolute atomic E-state index is 14.6. The fraction of sp³-hybridized carbons (Fsp3) is 0.586. The number of nitrogens with zero attached hydrogens (tertiary/aromatic N) is 6. The summed E-state index contributed by atoms with van der Waals surface area (Å²) in [7, 11) is 2.08. The van der Waals surface area contributed by atoms with Gasteiger partial charge in [-0.1, -0.05) is 0 Å². The summed E-state index contributed by atoms with van der Waals surface area (Å²) in [6.07, 6.45) is 7.57.